The first-order chi connectivity index (χ1) is 6.97. The summed E-state index contributed by atoms with van der Waals surface area (Å²) in [6.07, 6.45) is 1.77. The topological polar surface area (TPSA) is 64.6 Å². The van der Waals surface area contributed by atoms with Crippen molar-refractivity contribution in [1.29, 1.82) is 0 Å². The molecule has 1 N–H and O–H groups in total. The van der Waals surface area contributed by atoms with Gasteiger partial charge in [-0.15, -0.1) is 0 Å². The van der Waals surface area contributed by atoms with Crippen molar-refractivity contribution in [2.45, 2.75) is 38.0 Å². The molecule has 0 heterocycles. The molecule has 1 fully saturated rings. The molecule has 0 aromatic rings. The van der Waals surface area contributed by atoms with Gasteiger partial charge in [0.05, 0.1) is 5.75 Å². The first-order valence-corrected chi connectivity index (χ1v) is 6.72. The van der Waals surface area contributed by atoms with Crippen molar-refractivity contribution >= 4 is 10.0 Å². The number of methoxy groups -OCH3 is 2. The number of rotatable bonds is 6. The molecule has 5 nitrogen and oxygen atoms in total. The van der Waals surface area contributed by atoms with E-state index in [-0.39, 0.29) is 11.8 Å². The van der Waals surface area contributed by atoms with E-state index >= 15 is 0 Å². The van der Waals surface area contributed by atoms with Gasteiger partial charge in [-0.3, -0.25) is 0 Å². The van der Waals surface area contributed by atoms with Crippen LogP contribution >= 0.6 is 0 Å². The van der Waals surface area contributed by atoms with Crippen LogP contribution in [0, 0.1) is 0 Å². The molecule has 90 valence electrons. The van der Waals surface area contributed by atoms with E-state index in [2.05, 4.69) is 4.72 Å². The summed E-state index contributed by atoms with van der Waals surface area (Å²) in [5.74, 6) is -0.407. The lowest BCUT2D eigenvalue weighted by molar-refractivity contribution is -0.257. The quantitative estimate of drug-likeness (QED) is 0.682. The molecule has 0 aromatic carbocycles. The Labute approximate surface area is 91.2 Å². The number of hydrogen-bond donors (Lipinski definition) is 1. The number of sulfonamides is 1. The SMILES string of the molecule is CCCS(=O)(=O)NC1CC(OC)(OC)C1. The highest BCUT2D eigenvalue weighted by molar-refractivity contribution is 7.89. The molecule has 15 heavy (non-hydrogen) atoms. The van der Waals surface area contributed by atoms with Crippen molar-refractivity contribution in [3.63, 3.8) is 0 Å². The van der Waals surface area contributed by atoms with Gasteiger partial charge in [0.15, 0.2) is 5.79 Å². The third-order valence-corrected chi connectivity index (χ3v) is 4.32. The second-order valence-electron chi connectivity index (χ2n) is 3.86. The maximum atomic E-state index is 11.4. The van der Waals surface area contributed by atoms with Crippen LogP contribution in [-0.2, 0) is 19.5 Å². The van der Waals surface area contributed by atoms with Gasteiger partial charge in [-0.05, 0) is 6.42 Å². The van der Waals surface area contributed by atoms with Crippen LogP contribution in [0.4, 0.5) is 0 Å². The fourth-order valence-electron chi connectivity index (χ4n) is 1.77. The first kappa shape index (κ1) is 12.9. The Bertz CT molecular complexity index is 289. The lowest BCUT2D eigenvalue weighted by Crippen LogP contribution is -2.57. The smallest absolute Gasteiger partial charge is 0.211 e. The Balaban J connectivity index is 2.40. The molecule has 1 saturated carbocycles. The van der Waals surface area contributed by atoms with E-state index in [1.807, 2.05) is 6.92 Å². The predicted molar refractivity (Wildman–Crippen MR) is 57.0 cm³/mol. The standard InChI is InChI=1S/C9H19NO4S/c1-4-5-15(11,12)10-8-6-9(7-8,13-2)14-3/h8,10H,4-7H2,1-3H3. The second kappa shape index (κ2) is 4.78. The van der Waals surface area contributed by atoms with Crippen LogP contribution in [0.2, 0.25) is 0 Å². The maximum absolute atomic E-state index is 11.4. The van der Waals surface area contributed by atoms with Crippen LogP contribution in [0.5, 0.6) is 0 Å². The number of nitrogens with one attached hydrogen (secondary N) is 1. The molecule has 0 unspecified atom stereocenters. The van der Waals surface area contributed by atoms with Crippen LogP contribution in [0.25, 0.3) is 0 Å². The van der Waals surface area contributed by atoms with Crippen LogP contribution in [-0.4, -0.2) is 40.2 Å². The average molecular weight is 237 g/mol. The lowest BCUT2D eigenvalue weighted by Gasteiger charge is -2.44. The molecule has 0 spiro atoms. The van der Waals surface area contributed by atoms with Gasteiger partial charge < -0.3 is 9.47 Å². The summed E-state index contributed by atoms with van der Waals surface area (Å²) >= 11 is 0. The van der Waals surface area contributed by atoms with Crippen molar-refractivity contribution in [2.75, 3.05) is 20.0 Å². The number of hydrogen-bond acceptors (Lipinski definition) is 4. The molecular formula is C9H19NO4S. The molecule has 1 aliphatic rings. The molecule has 0 amide bonds. The van der Waals surface area contributed by atoms with Gasteiger partial charge in [-0.1, -0.05) is 6.92 Å². The van der Waals surface area contributed by atoms with Crippen LogP contribution in [0.1, 0.15) is 26.2 Å². The van der Waals surface area contributed by atoms with Crippen LogP contribution in [0.15, 0.2) is 0 Å². The Morgan fingerprint density at radius 3 is 2.27 bits per heavy atom. The molecule has 1 rings (SSSR count). The highest BCUT2D eigenvalue weighted by atomic mass is 32.2. The highest BCUT2D eigenvalue weighted by Gasteiger charge is 2.46. The first-order valence-electron chi connectivity index (χ1n) is 5.07. The van der Waals surface area contributed by atoms with Gasteiger partial charge in [0.1, 0.15) is 0 Å². The highest BCUT2D eigenvalue weighted by Crippen LogP contribution is 2.36. The minimum absolute atomic E-state index is 0.0542. The van der Waals surface area contributed by atoms with Gasteiger partial charge in [0.25, 0.3) is 0 Å². The zero-order valence-corrected chi connectivity index (χ0v) is 10.3. The fourth-order valence-corrected chi connectivity index (χ4v) is 3.10. The summed E-state index contributed by atoms with van der Waals surface area (Å²) in [4.78, 5) is 0. The fraction of sp³-hybridized carbons (Fsp3) is 1.00. The monoisotopic (exact) mass is 237 g/mol. The summed E-state index contributed by atoms with van der Waals surface area (Å²) in [6, 6.07) is -0.0542. The second-order valence-corrected chi connectivity index (χ2v) is 5.73. The molecule has 0 radical (unpaired) electrons. The van der Waals surface area contributed by atoms with Gasteiger partial charge in [0.2, 0.25) is 10.0 Å². The zero-order valence-electron chi connectivity index (χ0n) is 9.45. The van der Waals surface area contributed by atoms with E-state index in [4.69, 9.17) is 9.47 Å². The van der Waals surface area contributed by atoms with Gasteiger partial charge in [0, 0.05) is 33.1 Å². The largest absolute Gasteiger partial charge is 0.353 e. The number of ether oxygens (including phenoxy) is 2. The molecule has 1 aliphatic carbocycles. The van der Waals surface area contributed by atoms with Crippen molar-refractivity contribution in [3.8, 4) is 0 Å². The van der Waals surface area contributed by atoms with Gasteiger partial charge >= 0.3 is 0 Å². The maximum Gasteiger partial charge on any atom is 0.211 e. The molecule has 0 aliphatic heterocycles. The zero-order chi connectivity index (χ0) is 11.5. The third kappa shape index (κ3) is 3.14. The summed E-state index contributed by atoms with van der Waals surface area (Å²) in [5, 5.41) is 0. The molecule has 6 heteroatoms. The minimum Gasteiger partial charge on any atom is -0.353 e. The molecular weight excluding hydrogens is 218 g/mol. The van der Waals surface area contributed by atoms with Crippen molar-refractivity contribution in [2.24, 2.45) is 0 Å². The predicted octanol–water partition coefficient (Wildman–Crippen LogP) is 0.467. The van der Waals surface area contributed by atoms with Gasteiger partial charge in [-0.25, -0.2) is 13.1 Å². The van der Waals surface area contributed by atoms with E-state index in [9.17, 15) is 8.42 Å². The molecule has 0 atom stereocenters. The van der Waals surface area contributed by atoms with Crippen molar-refractivity contribution < 1.29 is 17.9 Å². The van der Waals surface area contributed by atoms with Crippen molar-refractivity contribution in [3.05, 3.63) is 0 Å². The van der Waals surface area contributed by atoms with Crippen LogP contribution in [0.3, 0.4) is 0 Å². The summed E-state index contributed by atoms with van der Waals surface area (Å²) < 4.78 is 35.8. The summed E-state index contributed by atoms with van der Waals surface area (Å²) in [6.45, 7) is 1.84. The van der Waals surface area contributed by atoms with Crippen molar-refractivity contribution in [1.82, 2.24) is 4.72 Å². The Hall–Kier alpha value is -0.170. The van der Waals surface area contributed by atoms with E-state index in [0.29, 0.717) is 19.3 Å². The summed E-state index contributed by atoms with van der Waals surface area (Å²) in [5.41, 5.74) is 0. The van der Waals surface area contributed by atoms with E-state index in [0.717, 1.165) is 0 Å². The van der Waals surface area contributed by atoms with E-state index in [1.165, 1.54) is 0 Å². The third-order valence-electron chi connectivity index (χ3n) is 2.68. The Kier molecular flexibility index (Phi) is 4.11. The normalized spacial score (nSPS) is 21.3. The molecule has 0 bridgehead atoms. The summed E-state index contributed by atoms with van der Waals surface area (Å²) in [7, 11) is 0.0199. The Morgan fingerprint density at radius 2 is 1.87 bits per heavy atom. The Morgan fingerprint density at radius 1 is 1.33 bits per heavy atom. The molecule has 0 aromatic heterocycles. The average Bonchev–Trinajstić information content (AvgIpc) is 2.10. The van der Waals surface area contributed by atoms with Crippen LogP contribution < -0.4 is 4.72 Å². The van der Waals surface area contributed by atoms with E-state index in [1.54, 1.807) is 14.2 Å². The van der Waals surface area contributed by atoms with E-state index < -0.39 is 15.8 Å². The molecule has 0 saturated heterocycles. The lowest BCUT2D eigenvalue weighted by atomic mass is 9.86. The van der Waals surface area contributed by atoms with Gasteiger partial charge in [-0.2, -0.15) is 0 Å². The minimum atomic E-state index is -3.12.